The molecule has 106 valence electrons. The number of nitro groups is 1. The molecule has 1 heterocycles. The van der Waals surface area contributed by atoms with Crippen molar-refractivity contribution in [2.24, 2.45) is 7.05 Å². The van der Waals surface area contributed by atoms with Gasteiger partial charge in [0.1, 0.15) is 0 Å². The molecule has 0 aliphatic rings. The average molecular weight is 296 g/mol. The number of aliphatic hydroxyl groups excluding tert-OH is 1. The molecule has 0 bridgehead atoms. The molecule has 0 aliphatic carbocycles. The second kappa shape index (κ2) is 5.47. The van der Waals surface area contributed by atoms with E-state index in [1.165, 1.54) is 30.7 Å². The summed E-state index contributed by atoms with van der Waals surface area (Å²) in [5, 5.41) is 26.9. The lowest BCUT2D eigenvalue weighted by Crippen LogP contribution is -2.12. The first-order valence-electron chi connectivity index (χ1n) is 5.66. The molecule has 0 spiro atoms. The molecule has 2 N–H and O–H groups in total. The van der Waals surface area contributed by atoms with E-state index in [0.29, 0.717) is 15.6 Å². The Bertz CT molecular complexity index is 707. The van der Waals surface area contributed by atoms with Crippen molar-refractivity contribution in [2.75, 3.05) is 0 Å². The minimum Gasteiger partial charge on any atom is -0.389 e. The molecule has 8 nitrogen and oxygen atoms in total. The normalized spacial score (nSPS) is 12.3. The average Bonchev–Trinajstić information content (AvgIpc) is 2.70. The van der Waals surface area contributed by atoms with Gasteiger partial charge in [-0.15, -0.1) is 5.10 Å². The van der Waals surface area contributed by atoms with Gasteiger partial charge >= 0.3 is 5.69 Å². The molecular formula is C11H12N4O4S. The number of hydrogen-bond acceptors (Lipinski definition) is 6. The smallest absolute Gasteiger partial charge is 0.343 e. The van der Waals surface area contributed by atoms with E-state index in [9.17, 15) is 20.0 Å². The molecule has 1 aromatic heterocycles. The minimum absolute atomic E-state index is 0.135. The van der Waals surface area contributed by atoms with Crippen LogP contribution in [0.4, 0.5) is 5.69 Å². The summed E-state index contributed by atoms with van der Waals surface area (Å²) >= 11 is 1.01. The fourth-order valence-electron chi connectivity index (χ4n) is 1.55. The lowest BCUT2D eigenvalue weighted by Gasteiger charge is -2.07. The summed E-state index contributed by atoms with van der Waals surface area (Å²) in [5.74, 6) is 0. The summed E-state index contributed by atoms with van der Waals surface area (Å²) in [6.45, 7) is 1.53. The molecule has 0 saturated carbocycles. The van der Waals surface area contributed by atoms with Gasteiger partial charge in [-0.2, -0.15) is 0 Å². The van der Waals surface area contributed by atoms with Crippen molar-refractivity contribution >= 4 is 17.4 Å². The number of aromatic amines is 1. The van der Waals surface area contributed by atoms with E-state index in [0.717, 1.165) is 11.8 Å². The van der Waals surface area contributed by atoms with Crippen LogP contribution in [-0.2, 0) is 7.05 Å². The van der Waals surface area contributed by atoms with Gasteiger partial charge in [0.05, 0.1) is 15.9 Å². The van der Waals surface area contributed by atoms with Crippen LogP contribution in [0.25, 0.3) is 0 Å². The first-order chi connectivity index (χ1) is 9.40. The molecule has 0 unspecified atom stereocenters. The number of rotatable bonds is 4. The largest absolute Gasteiger partial charge is 0.389 e. The van der Waals surface area contributed by atoms with Crippen molar-refractivity contribution in [3.63, 3.8) is 0 Å². The number of nitrogens with one attached hydrogen (secondary N) is 1. The van der Waals surface area contributed by atoms with Gasteiger partial charge in [0.15, 0.2) is 5.16 Å². The SMILES string of the molecule is C[C@@H](O)c1ccc(Sc2n[nH]c(=O)n2C)c([N+](=O)[O-])c1. The van der Waals surface area contributed by atoms with Crippen LogP contribution in [-0.4, -0.2) is 24.8 Å². The van der Waals surface area contributed by atoms with Crippen LogP contribution in [0.2, 0.25) is 0 Å². The molecule has 20 heavy (non-hydrogen) atoms. The van der Waals surface area contributed by atoms with Crippen LogP contribution in [0.15, 0.2) is 33.0 Å². The van der Waals surface area contributed by atoms with Gasteiger partial charge in [-0.3, -0.25) is 14.7 Å². The Morgan fingerprint density at radius 3 is 2.75 bits per heavy atom. The second-order valence-corrected chi connectivity index (χ2v) is 5.14. The standard InChI is InChI=1S/C11H12N4O4S/c1-6(16)7-3-4-9(8(5-7)15(18)19)20-11-13-12-10(17)14(11)2/h3-6,16H,1-2H3,(H,12,17)/t6-/m1/s1. The first-order valence-corrected chi connectivity index (χ1v) is 6.47. The highest BCUT2D eigenvalue weighted by Gasteiger charge is 2.19. The maximum absolute atomic E-state index is 11.3. The van der Waals surface area contributed by atoms with Gasteiger partial charge in [0.2, 0.25) is 0 Å². The summed E-state index contributed by atoms with van der Waals surface area (Å²) in [5.41, 5.74) is -0.0726. The number of H-pyrrole nitrogens is 1. The molecule has 1 aromatic carbocycles. The fraction of sp³-hybridized carbons (Fsp3) is 0.273. The zero-order chi connectivity index (χ0) is 14.9. The van der Waals surface area contributed by atoms with Crippen LogP contribution in [0.1, 0.15) is 18.6 Å². The predicted molar refractivity (Wildman–Crippen MR) is 71.7 cm³/mol. The van der Waals surface area contributed by atoms with Gasteiger partial charge in [0, 0.05) is 13.1 Å². The monoisotopic (exact) mass is 296 g/mol. The Balaban J connectivity index is 2.43. The molecular weight excluding hydrogens is 284 g/mol. The Hall–Kier alpha value is -2.13. The highest BCUT2D eigenvalue weighted by molar-refractivity contribution is 7.99. The van der Waals surface area contributed by atoms with Crippen molar-refractivity contribution < 1.29 is 10.0 Å². The molecule has 0 radical (unpaired) electrons. The van der Waals surface area contributed by atoms with E-state index in [4.69, 9.17) is 0 Å². The summed E-state index contributed by atoms with van der Waals surface area (Å²) in [7, 11) is 1.52. The summed E-state index contributed by atoms with van der Waals surface area (Å²) < 4.78 is 1.26. The number of nitrogens with zero attached hydrogens (tertiary/aromatic N) is 3. The summed E-state index contributed by atoms with van der Waals surface area (Å²) in [4.78, 5) is 22.2. The second-order valence-electron chi connectivity index (χ2n) is 4.13. The van der Waals surface area contributed by atoms with E-state index in [1.54, 1.807) is 6.07 Å². The van der Waals surface area contributed by atoms with E-state index >= 15 is 0 Å². The predicted octanol–water partition coefficient (Wildman–Crippen LogP) is 1.22. The van der Waals surface area contributed by atoms with Crippen molar-refractivity contribution in [1.29, 1.82) is 0 Å². The topological polar surface area (TPSA) is 114 Å². The lowest BCUT2D eigenvalue weighted by molar-refractivity contribution is -0.387. The minimum atomic E-state index is -0.789. The van der Waals surface area contributed by atoms with Gasteiger partial charge in [-0.25, -0.2) is 9.89 Å². The highest BCUT2D eigenvalue weighted by atomic mass is 32.2. The van der Waals surface area contributed by atoms with Crippen molar-refractivity contribution in [3.8, 4) is 0 Å². The Labute approximate surface area is 117 Å². The quantitative estimate of drug-likeness (QED) is 0.647. The number of hydrogen-bond donors (Lipinski definition) is 2. The van der Waals surface area contributed by atoms with E-state index in [2.05, 4.69) is 10.2 Å². The van der Waals surface area contributed by atoms with Crippen LogP contribution in [0.5, 0.6) is 0 Å². The summed E-state index contributed by atoms with van der Waals surface area (Å²) in [6.07, 6.45) is -0.789. The van der Waals surface area contributed by atoms with Gasteiger partial charge in [-0.1, -0.05) is 6.07 Å². The molecule has 2 aromatic rings. The zero-order valence-corrected chi connectivity index (χ0v) is 11.5. The number of benzene rings is 1. The van der Waals surface area contributed by atoms with Crippen LogP contribution >= 0.6 is 11.8 Å². The van der Waals surface area contributed by atoms with Crippen LogP contribution in [0.3, 0.4) is 0 Å². The number of aliphatic hydroxyl groups is 1. The van der Waals surface area contributed by atoms with Crippen molar-refractivity contribution in [3.05, 3.63) is 44.4 Å². The molecule has 2 rings (SSSR count). The first kappa shape index (κ1) is 14.3. The van der Waals surface area contributed by atoms with Gasteiger partial charge in [-0.05, 0) is 30.3 Å². The van der Waals surface area contributed by atoms with E-state index < -0.39 is 16.7 Å². The third-order valence-electron chi connectivity index (χ3n) is 2.70. The van der Waals surface area contributed by atoms with Crippen molar-refractivity contribution in [1.82, 2.24) is 14.8 Å². The molecule has 1 atom stereocenters. The molecule has 0 aliphatic heterocycles. The highest BCUT2D eigenvalue weighted by Crippen LogP contribution is 2.34. The Morgan fingerprint density at radius 1 is 1.55 bits per heavy atom. The van der Waals surface area contributed by atoms with E-state index in [-0.39, 0.29) is 5.69 Å². The number of nitro benzene ring substituents is 1. The fourth-order valence-corrected chi connectivity index (χ4v) is 2.43. The van der Waals surface area contributed by atoms with Crippen LogP contribution in [0, 0.1) is 10.1 Å². The van der Waals surface area contributed by atoms with E-state index in [1.807, 2.05) is 0 Å². The Kier molecular flexibility index (Phi) is 3.91. The molecule has 0 fully saturated rings. The molecule has 0 amide bonds. The van der Waals surface area contributed by atoms with Crippen LogP contribution < -0.4 is 5.69 Å². The molecule has 0 saturated heterocycles. The lowest BCUT2D eigenvalue weighted by atomic mass is 10.1. The maximum Gasteiger partial charge on any atom is 0.343 e. The zero-order valence-electron chi connectivity index (χ0n) is 10.7. The number of aromatic nitrogens is 3. The third kappa shape index (κ3) is 2.73. The maximum atomic E-state index is 11.3. The third-order valence-corrected chi connectivity index (χ3v) is 3.81. The van der Waals surface area contributed by atoms with Crippen molar-refractivity contribution in [2.45, 2.75) is 23.1 Å². The van der Waals surface area contributed by atoms with Gasteiger partial charge < -0.3 is 5.11 Å². The van der Waals surface area contributed by atoms with Gasteiger partial charge in [0.25, 0.3) is 5.69 Å². The summed E-state index contributed by atoms with van der Waals surface area (Å²) in [6, 6.07) is 4.45. The molecule has 9 heteroatoms. The Morgan fingerprint density at radius 2 is 2.25 bits per heavy atom.